The molecule has 0 saturated carbocycles. The predicted octanol–water partition coefficient (Wildman–Crippen LogP) is 3.33. The lowest BCUT2D eigenvalue weighted by atomic mass is 9.96. The van der Waals surface area contributed by atoms with Crippen LogP contribution in [0.15, 0.2) is 35.7 Å². The van der Waals surface area contributed by atoms with Gasteiger partial charge in [-0.05, 0) is 41.6 Å². The van der Waals surface area contributed by atoms with Gasteiger partial charge in [-0.3, -0.25) is 4.79 Å². The molecule has 1 aliphatic rings. The van der Waals surface area contributed by atoms with Gasteiger partial charge in [-0.15, -0.1) is 11.3 Å². The maximum Gasteiger partial charge on any atom is 0.224 e. The molecule has 3 nitrogen and oxygen atoms in total. The highest BCUT2D eigenvalue weighted by Crippen LogP contribution is 2.30. The summed E-state index contributed by atoms with van der Waals surface area (Å²) in [6, 6.07) is 10.9. The average Bonchev–Trinajstić information content (AvgIpc) is 2.98. The van der Waals surface area contributed by atoms with E-state index >= 15 is 0 Å². The van der Waals surface area contributed by atoms with E-state index in [4.69, 9.17) is 0 Å². The molecule has 3 rings (SSSR count). The van der Waals surface area contributed by atoms with E-state index in [0.717, 1.165) is 18.7 Å². The normalized spacial score (nSPS) is 15.6. The number of fused-ring (bicyclic) bond motifs is 1. The Bertz CT molecular complexity index is 607. The smallest absolute Gasteiger partial charge is 0.224 e. The molecule has 1 unspecified atom stereocenters. The van der Waals surface area contributed by atoms with E-state index < -0.39 is 0 Å². The Morgan fingerprint density at radius 2 is 2.25 bits per heavy atom. The Kier molecular flexibility index (Phi) is 3.85. The molecule has 2 aromatic rings. The number of hydrogen-bond acceptors (Lipinski definition) is 3. The van der Waals surface area contributed by atoms with Crippen LogP contribution >= 0.6 is 11.3 Å². The van der Waals surface area contributed by atoms with Gasteiger partial charge in [0.25, 0.3) is 0 Å². The lowest BCUT2D eigenvalue weighted by molar-refractivity contribution is -0.116. The first kappa shape index (κ1) is 13.3. The Balaban J connectivity index is 1.94. The van der Waals surface area contributed by atoms with Crippen LogP contribution in [0.5, 0.6) is 0 Å². The molecule has 0 aliphatic carbocycles. The largest absolute Gasteiger partial charge is 0.326 e. The Labute approximate surface area is 123 Å². The van der Waals surface area contributed by atoms with E-state index in [1.807, 2.05) is 6.07 Å². The van der Waals surface area contributed by atoms with E-state index in [9.17, 15) is 4.79 Å². The van der Waals surface area contributed by atoms with E-state index in [1.54, 1.807) is 11.3 Å². The summed E-state index contributed by atoms with van der Waals surface area (Å²) in [5.41, 5.74) is 3.47. The first-order valence-electron chi connectivity index (χ1n) is 6.97. The summed E-state index contributed by atoms with van der Waals surface area (Å²) in [5.74, 6) is 0.117. The van der Waals surface area contributed by atoms with Crippen molar-refractivity contribution in [3.05, 3.63) is 51.7 Å². The van der Waals surface area contributed by atoms with E-state index in [0.29, 0.717) is 6.42 Å². The van der Waals surface area contributed by atoms with E-state index in [-0.39, 0.29) is 11.9 Å². The standard InChI is InChI=1S/C16H18N2OS/c1-2-17-16(14-4-3-9-20-14)12-5-7-13-11(10-12)6-8-15(19)18-13/h3-5,7,9-10,16-17H,2,6,8H2,1H3,(H,18,19). The molecule has 104 valence electrons. The van der Waals surface area contributed by atoms with Gasteiger partial charge in [0.05, 0.1) is 6.04 Å². The number of hydrogen-bond donors (Lipinski definition) is 2. The molecule has 2 N–H and O–H groups in total. The highest BCUT2D eigenvalue weighted by atomic mass is 32.1. The fraction of sp³-hybridized carbons (Fsp3) is 0.312. The maximum absolute atomic E-state index is 11.4. The van der Waals surface area contributed by atoms with E-state index in [2.05, 4.69) is 47.2 Å². The highest BCUT2D eigenvalue weighted by molar-refractivity contribution is 7.10. The van der Waals surface area contributed by atoms with Crippen molar-refractivity contribution in [2.45, 2.75) is 25.8 Å². The quantitative estimate of drug-likeness (QED) is 0.905. The maximum atomic E-state index is 11.4. The minimum absolute atomic E-state index is 0.117. The van der Waals surface area contributed by atoms with Crippen LogP contribution in [0.2, 0.25) is 0 Å². The molecule has 0 radical (unpaired) electrons. The number of nitrogens with one attached hydrogen (secondary N) is 2. The highest BCUT2D eigenvalue weighted by Gasteiger charge is 2.19. The van der Waals surface area contributed by atoms with Crippen molar-refractivity contribution in [3.63, 3.8) is 0 Å². The Morgan fingerprint density at radius 1 is 1.35 bits per heavy atom. The molecular formula is C16H18N2OS. The molecule has 1 aromatic carbocycles. The molecule has 0 fully saturated rings. The molecular weight excluding hydrogens is 268 g/mol. The molecule has 1 amide bonds. The monoisotopic (exact) mass is 286 g/mol. The number of anilines is 1. The van der Waals surface area contributed by atoms with Crippen LogP contribution in [0.4, 0.5) is 5.69 Å². The summed E-state index contributed by atoms with van der Waals surface area (Å²) in [6.07, 6.45) is 1.42. The minimum atomic E-state index is 0.117. The number of amides is 1. The SMILES string of the molecule is CCNC(c1ccc2c(c1)CCC(=O)N2)c1cccs1. The summed E-state index contributed by atoms with van der Waals surface area (Å²) < 4.78 is 0. The molecule has 1 atom stereocenters. The van der Waals surface area contributed by atoms with E-state index in [1.165, 1.54) is 16.0 Å². The van der Waals surface area contributed by atoms with Crippen molar-refractivity contribution in [1.82, 2.24) is 5.32 Å². The molecule has 2 heterocycles. The lowest BCUT2D eigenvalue weighted by Crippen LogP contribution is -2.23. The molecule has 0 bridgehead atoms. The third kappa shape index (κ3) is 2.62. The Morgan fingerprint density at radius 3 is 3.00 bits per heavy atom. The van der Waals surface area contributed by atoms with Crippen molar-refractivity contribution in [2.24, 2.45) is 0 Å². The second-order valence-electron chi connectivity index (χ2n) is 4.97. The van der Waals surface area contributed by atoms with Crippen LogP contribution in [0.25, 0.3) is 0 Å². The summed E-state index contributed by atoms with van der Waals surface area (Å²) in [7, 11) is 0. The summed E-state index contributed by atoms with van der Waals surface area (Å²) in [5, 5.41) is 8.59. The number of benzene rings is 1. The van der Waals surface area contributed by atoms with Crippen molar-refractivity contribution < 1.29 is 4.79 Å². The van der Waals surface area contributed by atoms with Gasteiger partial charge in [0.1, 0.15) is 0 Å². The van der Waals surface area contributed by atoms with Crippen LogP contribution in [0.3, 0.4) is 0 Å². The van der Waals surface area contributed by atoms with Crippen molar-refractivity contribution >= 4 is 22.9 Å². The summed E-state index contributed by atoms with van der Waals surface area (Å²) in [4.78, 5) is 12.7. The van der Waals surface area contributed by atoms with Crippen LogP contribution < -0.4 is 10.6 Å². The van der Waals surface area contributed by atoms with Crippen molar-refractivity contribution in [3.8, 4) is 0 Å². The van der Waals surface area contributed by atoms with Gasteiger partial charge in [0, 0.05) is 17.0 Å². The van der Waals surface area contributed by atoms with Crippen LogP contribution in [0.1, 0.15) is 35.4 Å². The third-order valence-electron chi connectivity index (χ3n) is 3.59. The molecule has 20 heavy (non-hydrogen) atoms. The molecule has 1 aliphatic heterocycles. The molecule has 0 spiro atoms. The number of carbonyl (C=O) groups excluding carboxylic acids is 1. The van der Waals surface area contributed by atoms with Gasteiger partial charge < -0.3 is 10.6 Å². The summed E-state index contributed by atoms with van der Waals surface area (Å²) in [6.45, 7) is 3.05. The van der Waals surface area contributed by atoms with Crippen LogP contribution in [-0.2, 0) is 11.2 Å². The van der Waals surface area contributed by atoms with Gasteiger partial charge in [0.15, 0.2) is 0 Å². The van der Waals surface area contributed by atoms with Gasteiger partial charge in [0.2, 0.25) is 5.91 Å². The predicted molar refractivity (Wildman–Crippen MR) is 83.2 cm³/mol. The zero-order chi connectivity index (χ0) is 13.9. The number of aryl methyl sites for hydroxylation is 1. The zero-order valence-electron chi connectivity index (χ0n) is 11.5. The first-order valence-corrected chi connectivity index (χ1v) is 7.85. The zero-order valence-corrected chi connectivity index (χ0v) is 12.3. The fourth-order valence-electron chi connectivity index (χ4n) is 2.63. The van der Waals surface area contributed by atoms with Gasteiger partial charge in [-0.1, -0.05) is 25.1 Å². The topological polar surface area (TPSA) is 41.1 Å². The number of carbonyl (C=O) groups is 1. The molecule has 1 aromatic heterocycles. The second-order valence-corrected chi connectivity index (χ2v) is 5.95. The average molecular weight is 286 g/mol. The third-order valence-corrected chi connectivity index (χ3v) is 4.53. The van der Waals surface area contributed by atoms with Gasteiger partial charge in [-0.2, -0.15) is 0 Å². The molecule has 4 heteroatoms. The molecule has 0 saturated heterocycles. The van der Waals surface area contributed by atoms with Crippen LogP contribution in [0, 0.1) is 0 Å². The number of thiophene rings is 1. The van der Waals surface area contributed by atoms with Crippen molar-refractivity contribution in [2.75, 3.05) is 11.9 Å². The fourth-order valence-corrected chi connectivity index (χ4v) is 3.45. The number of rotatable bonds is 4. The Hall–Kier alpha value is -1.65. The second kappa shape index (κ2) is 5.77. The van der Waals surface area contributed by atoms with Crippen LogP contribution in [-0.4, -0.2) is 12.5 Å². The minimum Gasteiger partial charge on any atom is -0.326 e. The first-order chi connectivity index (χ1) is 9.78. The lowest BCUT2D eigenvalue weighted by Gasteiger charge is -2.21. The van der Waals surface area contributed by atoms with Gasteiger partial charge in [-0.25, -0.2) is 0 Å². The van der Waals surface area contributed by atoms with Crippen molar-refractivity contribution in [1.29, 1.82) is 0 Å². The summed E-state index contributed by atoms with van der Waals surface area (Å²) >= 11 is 1.77. The van der Waals surface area contributed by atoms with Gasteiger partial charge >= 0.3 is 0 Å².